The minimum Gasteiger partial charge on any atom is -0.496 e. The second-order valence-electron chi connectivity index (χ2n) is 4.93. The van der Waals surface area contributed by atoms with Gasteiger partial charge in [0.15, 0.2) is 0 Å². The van der Waals surface area contributed by atoms with Gasteiger partial charge in [-0.1, -0.05) is 0 Å². The highest BCUT2D eigenvalue weighted by atomic mass is 79.9. The average molecular weight is 379 g/mol. The molecular weight excluding hydrogens is 360 g/mol. The molecule has 0 aliphatic rings. The summed E-state index contributed by atoms with van der Waals surface area (Å²) in [5, 5.41) is 2.88. The summed E-state index contributed by atoms with van der Waals surface area (Å²) in [7, 11) is 3.23. The summed E-state index contributed by atoms with van der Waals surface area (Å²) in [4.78, 5) is 12.1. The van der Waals surface area contributed by atoms with Crippen LogP contribution in [0.3, 0.4) is 0 Å². The van der Waals surface area contributed by atoms with E-state index in [1.54, 1.807) is 38.5 Å². The van der Waals surface area contributed by atoms with Crippen LogP contribution in [-0.4, -0.2) is 26.7 Å². The number of hydrogen-bond donors (Lipinski definition) is 2. The lowest BCUT2D eigenvalue weighted by Crippen LogP contribution is -2.25. The van der Waals surface area contributed by atoms with E-state index in [-0.39, 0.29) is 5.91 Å². The van der Waals surface area contributed by atoms with E-state index in [0.717, 1.165) is 21.5 Å². The van der Waals surface area contributed by atoms with Crippen LogP contribution in [0.2, 0.25) is 0 Å². The van der Waals surface area contributed by atoms with Crippen molar-refractivity contribution in [3.63, 3.8) is 0 Å². The highest BCUT2D eigenvalue weighted by Crippen LogP contribution is 2.32. The highest BCUT2D eigenvalue weighted by Gasteiger charge is 2.10. The van der Waals surface area contributed by atoms with Gasteiger partial charge in [-0.05, 0) is 64.3 Å². The quantitative estimate of drug-likeness (QED) is 0.757. The van der Waals surface area contributed by atoms with Crippen molar-refractivity contribution in [3.8, 4) is 11.5 Å². The molecule has 0 bridgehead atoms. The van der Waals surface area contributed by atoms with Gasteiger partial charge in [0.1, 0.15) is 11.5 Å². The number of benzene rings is 2. The molecule has 0 aromatic heterocycles. The molecule has 0 radical (unpaired) electrons. The summed E-state index contributed by atoms with van der Waals surface area (Å²) in [5.74, 6) is 1.35. The summed E-state index contributed by atoms with van der Waals surface area (Å²) >= 11 is 3.43. The molecule has 2 rings (SSSR count). The second-order valence-corrected chi connectivity index (χ2v) is 5.78. The molecule has 23 heavy (non-hydrogen) atoms. The fourth-order valence-electron chi connectivity index (χ4n) is 2.17. The van der Waals surface area contributed by atoms with Gasteiger partial charge in [0.05, 0.1) is 18.7 Å². The normalized spacial score (nSPS) is 10.2. The maximum Gasteiger partial charge on any atom is 0.251 e. The zero-order valence-corrected chi connectivity index (χ0v) is 14.6. The predicted molar refractivity (Wildman–Crippen MR) is 94.1 cm³/mol. The molecule has 3 N–H and O–H groups in total. The van der Waals surface area contributed by atoms with Crippen LogP contribution >= 0.6 is 15.9 Å². The van der Waals surface area contributed by atoms with Gasteiger partial charge >= 0.3 is 0 Å². The van der Waals surface area contributed by atoms with Gasteiger partial charge in [0.2, 0.25) is 0 Å². The molecule has 0 heterocycles. The van der Waals surface area contributed by atoms with Crippen molar-refractivity contribution in [1.82, 2.24) is 5.32 Å². The monoisotopic (exact) mass is 378 g/mol. The van der Waals surface area contributed by atoms with E-state index in [1.807, 2.05) is 12.1 Å². The van der Waals surface area contributed by atoms with Gasteiger partial charge in [-0.15, -0.1) is 0 Å². The Hall–Kier alpha value is -2.21. The molecule has 0 saturated carbocycles. The van der Waals surface area contributed by atoms with Gasteiger partial charge in [-0.3, -0.25) is 4.79 Å². The molecule has 6 heteroatoms. The largest absolute Gasteiger partial charge is 0.496 e. The van der Waals surface area contributed by atoms with Crippen LogP contribution in [0.5, 0.6) is 11.5 Å². The molecule has 122 valence electrons. The van der Waals surface area contributed by atoms with Crippen LogP contribution in [0.15, 0.2) is 40.9 Å². The van der Waals surface area contributed by atoms with E-state index in [4.69, 9.17) is 15.2 Å². The van der Waals surface area contributed by atoms with Crippen molar-refractivity contribution in [2.75, 3.05) is 26.5 Å². The number of nitrogens with two attached hydrogens (primary N) is 1. The summed E-state index contributed by atoms with van der Waals surface area (Å²) in [6.07, 6.45) is 0.632. The molecule has 0 saturated heterocycles. The summed E-state index contributed by atoms with van der Waals surface area (Å²) in [6.45, 7) is 0.490. The predicted octanol–water partition coefficient (Wildman–Crippen LogP) is 3.02. The van der Waals surface area contributed by atoms with E-state index in [0.29, 0.717) is 24.2 Å². The number of ether oxygens (including phenoxy) is 2. The lowest BCUT2D eigenvalue weighted by atomic mass is 10.1. The Morgan fingerprint density at radius 3 is 2.39 bits per heavy atom. The second kappa shape index (κ2) is 7.87. The molecule has 0 unspecified atom stereocenters. The van der Waals surface area contributed by atoms with E-state index < -0.39 is 0 Å². The SMILES string of the molecule is COc1cc(CCNC(=O)c2ccc(N)cc2)c(OC)cc1Br. The molecule has 0 fully saturated rings. The Labute approximate surface area is 143 Å². The first-order chi connectivity index (χ1) is 11.0. The Balaban J connectivity index is 2.00. The van der Waals surface area contributed by atoms with Crippen LogP contribution in [0.25, 0.3) is 0 Å². The first-order valence-corrected chi connectivity index (χ1v) is 7.88. The molecule has 2 aromatic carbocycles. The number of carbonyl (C=O) groups is 1. The first-order valence-electron chi connectivity index (χ1n) is 7.09. The first kappa shape index (κ1) is 17.1. The number of halogens is 1. The number of methoxy groups -OCH3 is 2. The fraction of sp³-hybridized carbons (Fsp3) is 0.235. The number of hydrogen-bond acceptors (Lipinski definition) is 4. The Morgan fingerprint density at radius 2 is 1.78 bits per heavy atom. The minimum atomic E-state index is -0.131. The van der Waals surface area contributed by atoms with Gasteiger partial charge in [-0.25, -0.2) is 0 Å². The van der Waals surface area contributed by atoms with Crippen molar-refractivity contribution in [2.24, 2.45) is 0 Å². The Morgan fingerprint density at radius 1 is 1.13 bits per heavy atom. The summed E-state index contributed by atoms with van der Waals surface area (Å²) in [6, 6.07) is 10.6. The van der Waals surface area contributed by atoms with Crippen molar-refractivity contribution < 1.29 is 14.3 Å². The minimum absolute atomic E-state index is 0.131. The number of carbonyl (C=O) groups excluding carboxylic acids is 1. The lowest BCUT2D eigenvalue weighted by molar-refractivity contribution is 0.0954. The summed E-state index contributed by atoms with van der Waals surface area (Å²) in [5.41, 5.74) is 7.79. The van der Waals surface area contributed by atoms with Crippen molar-refractivity contribution >= 4 is 27.5 Å². The fourth-order valence-corrected chi connectivity index (χ4v) is 2.65. The molecule has 0 aliphatic heterocycles. The van der Waals surface area contributed by atoms with Crippen LogP contribution < -0.4 is 20.5 Å². The van der Waals surface area contributed by atoms with Gasteiger partial charge in [0.25, 0.3) is 5.91 Å². The summed E-state index contributed by atoms with van der Waals surface area (Å²) < 4.78 is 11.5. The number of nitrogens with one attached hydrogen (secondary N) is 1. The molecule has 2 aromatic rings. The van der Waals surface area contributed by atoms with Gasteiger partial charge < -0.3 is 20.5 Å². The number of amides is 1. The van der Waals surface area contributed by atoms with Crippen LogP contribution in [-0.2, 0) is 6.42 Å². The van der Waals surface area contributed by atoms with Gasteiger partial charge in [-0.2, -0.15) is 0 Å². The zero-order chi connectivity index (χ0) is 16.8. The average Bonchev–Trinajstić information content (AvgIpc) is 2.56. The van der Waals surface area contributed by atoms with Crippen LogP contribution in [0.4, 0.5) is 5.69 Å². The molecule has 0 spiro atoms. The smallest absolute Gasteiger partial charge is 0.251 e. The maximum absolute atomic E-state index is 12.1. The van der Waals surface area contributed by atoms with E-state index in [2.05, 4.69) is 21.2 Å². The third-order valence-corrected chi connectivity index (χ3v) is 4.03. The lowest BCUT2D eigenvalue weighted by Gasteiger charge is -2.13. The third-order valence-electron chi connectivity index (χ3n) is 3.41. The molecular formula is C17H19BrN2O3. The standard InChI is InChI=1S/C17H19BrN2O3/c1-22-15-10-14(18)16(23-2)9-12(15)7-8-20-17(21)11-3-5-13(19)6-4-11/h3-6,9-10H,7-8,19H2,1-2H3,(H,20,21). The van der Waals surface area contributed by atoms with E-state index >= 15 is 0 Å². The maximum atomic E-state index is 12.1. The number of nitrogen functional groups attached to an aromatic ring is 1. The molecule has 0 aliphatic carbocycles. The topological polar surface area (TPSA) is 73.6 Å². The molecule has 0 atom stereocenters. The van der Waals surface area contributed by atoms with Crippen molar-refractivity contribution in [1.29, 1.82) is 0 Å². The molecule has 1 amide bonds. The highest BCUT2D eigenvalue weighted by molar-refractivity contribution is 9.10. The van der Waals surface area contributed by atoms with Crippen LogP contribution in [0, 0.1) is 0 Å². The number of rotatable bonds is 6. The number of anilines is 1. The zero-order valence-electron chi connectivity index (χ0n) is 13.1. The van der Waals surface area contributed by atoms with Crippen LogP contribution in [0.1, 0.15) is 15.9 Å². The van der Waals surface area contributed by atoms with E-state index in [9.17, 15) is 4.79 Å². The third kappa shape index (κ3) is 4.39. The Kier molecular flexibility index (Phi) is 5.87. The molecule has 5 nitrogen and oxygen atoms in total. The Bertz CT molecular complexity index is 687. The van der Waals surface area contributed by atoms with Gasteiger partial charge in [0, 0.05) is 17.8 Å². The van der Waals surface area contributed by atoms with Crippen molar-refractivity contribution in [3.05, 3.63) is 52.0 Å². The van der Waals surface area contributed by atoms with E-state index in [1.165, 1.54) is 0 Å². The van der Waals surface area contributed by atoms with Crippen molar-refractivity contribution in [2.45, 2.75) is 6.42 Å².